The lowest BCUT2D eigenvalue weighted by atomic mass is 10.2. The molecule has 130 valence electrons. The molecule has 0 aliphatic carbocycles. The normalized spacial score (nSPS) is 10.9. The molecule has 7 heteroatoms. The number of aryl methyl sites for hydroxylation is 1. The lowest BCUT2D eigenvalue weighted by Gasteiger charge is -2.09. The zero-order valence-electron chi connectivity index (χ0n) is 13.9. The Kier molecular flexibility index (Phi) is 5.14. The van der Waals surface area contributed by atoms with E-state index in [1.807, 2.05) is 34.9 Å². The molecule has 1 aromatic carbocycles. The number of hydrogen-bond donors (Lipinski definition) is 2. The van der Waals surface area contributed by atoms with E-state index in [9.17, 15) is 9.59 Å². The van der Waals surface area contributed by atoms with Gasteiger partial charge in [0.15, 0.2) is 5.69 Å². The maximum absolute atomic E-state index is 12.6. The van der Waals surface area contributed by atoms with Crippen LogP contribution in [0.15, 0.2) is 35.7 Å². The van der Waals surface area contributed by atoms with Gasteiger partial charge < -0.3 is 15.0 Å². The van der Waals surface area contributed by atoms with Crippen LogP contribution in [-0.4, -0.2) is 33.1 Å². The minimum Gasteiger partial charge on any atom is -0.476 e. The number of carboxylic acid groups (broad SMARTS) is 1. The van der Waals surface area contributed by atoms with Gasteiger partial charge in [-0.25, -0.2) is 9.78 Å². The van der Waals surface area contributed by atoms with Crippen molar-refractivity contribution in [2.24, 2.45) is 0 Å². The van der Waals surface area contributed by atoms with Crippen molar-refractivity contribution in [3.05, 3.63) is 52.1 Å². The van der Waals surface area contributed by atoms with Crippen LogP contribution in [0, 0.1) is 0 Å². The Labute approximate surface area is 149 Å². The van der Waals surface area contributed by atoms with Crippen LogP contribution in [0.5, 0.6) is 0 Å². The molecule has 3 aromatic rings. The van der Waals surface area contributed by atoms with E-state index in [2.05, 4.69) is 17.2 Å². The van der Waals surface area contributed by atoms with Crippen LogP contribution in [0.3, 0.4) is 0 Å². The molecule has 0 atom stereocenters. The number of para-hydroxylation sites is 1. The summed E-state index contributed by atoms with van der Waals surface area (Å²) < 4.78 is 2.04. The molecule has 2 heterocycles. The fraction of sp³-hybridized carbons (Fsp3) is 0.278. The Hall–Kier alpha value is -2.67. The summed E-state index contributed by atoms with van der Waals surface area (Å²) >= 11 is 1.29. The van der Waals surface area contributed by atoms with Crippen molar-refractivity contribution in [2.45, 2.75) is 26.3 Å². The molecule has 25 heavy (non-hydrogen) atoms. The molecule has 0 unspecified atom stereocenters. The van der Waals surface area contributed by atoms with Crippen molar-refractivity contribution in [3.8, 4) is 0 Å². The minimum atomic E-state index is -1.03. The Bertz CT molecular complexity index is 913. The number of rotatable bonds is 7. The third-order valence-corrected chi connectivity index (χ3v) is 4.79. The molecule has 2 N–H and O–H groups in total. The number of benzene rings is 1. The van der Waals surface area contributed by atoms with Crippen LogP contribution in [0.2, 0.25) is 0 Å². The number of carbonyl (C=O) groups is 2. The number of nitrogens with one attached hydrogen (secondary N) is 1. The van der Waals surface area contributed by atoms with Gasteiger partial charge in [0.2, 0.25) is 0 Å². The number of thiazole rings is 1. The summed E-state index contributed by atoms with van der Waals surface area (Å²) in [6.45, 7) is 3.28. The van der Waals surface area contributed by atoms with Gasteiger partial charge in [0.25, 0.3) is 5.91 Å². The predicted molar refractivity (Wildman–Crippen MR) is 97.3 cm³/mol. The second-order valence-electron chi connectivity index (χ2n) is 5.68. The number of amides is 1. The van der Waals surface area contributed by atoms with Crippen molar-refractivity contribution in [3.63, 3.8) is 0 Å². The van der Waals surface area contributed by atoms with Crippen molar-refractivity contribution < 1.29 is 14.7 Å². The van der Waals surface area contributed by atoms with Gasteiger partial charge in [0, 0.05) is 35.8 Å². The van der Waals surface area contributed by atoms with E-state index in [0.29, 0.717) is 23.7 Å². The second-order valence-corrected chi connectivity index (χ2v) is 6.62. The lowest BCUT2D eigenvalue weighted by molar-refractivity contribution is 0.0690. The van der Waals surface area contributed by atoms with Crippen LogP contribution < -0.4 is 5.32 Å². The molecule has 0 fully saturated rings. The number of carboxylic acids is 1. The van der Waals surface area contributed by atoms with E-state index in [1.165, 1.54) is 16.7 Å². The molecule has 3 rings (SSSR count). The average molecular weight is 357 g/mol. The number of hydrogen-bond acceptors (Lipinski definition) is 4. The molecule has 0 aliphatic heterocycles. The second kappa shape index (κ2) is 7.48. The van der Waals surface area contributed by atoms with Gasteiger partial charge in [-0.3, -0.25) is 4.79 Å². The smallest absolute Gasteiger partial charge is 0.355 e. The van der Waals surface area contributed by atoms with Crippen LogP contribution in [-0.2, 0) is 13.0 Å². The lowest BCUT2D eigenvalue weighted by Crippen LogP contribution is -2.27. The highest BCUT2D eigenvalue weighted by Crippen LogP contribution is 2.20. The average Bonchev–Trinajstić information content (AvgIpc) is 3.21. The molecule has 0 radical (unpaired) electrons. The number of aromatic nitrogens is 2. The van der Waals surface area contributed by atoms with Crippen LogP contribution in [0.1, 0.15) is 39.3 Å². The van der Waals surface area contributed by atoms with Gasteiger partial charge in [0.05, 0.1) is 5.01 Å². The summed E-state index contributed by atoms with van der Waals surface area (Å²) in [4.78, 5) is 27.4. The predicted octanol–water partition coefficient (Wildman–Crippen LogP) is 3.18. The summed E-state index contributed by atoms with van der Waals surface area (Å²) in [5, 5.41) is 15.0. The third kappa shape index (κ3) is 3.71. The van der Waals surface area contributed by atoms with Gasteiger partial charge in [-0.2, -0.15) is 0 Å². The fourth-order valence-electron chi connectivity index (χ4n) is 2.76. The van der Waals surface area contributed by atoms with Gasteiger partial charge in [-0.05, 0) is 18.6 Å². The largest absolute Gasteiger partial charge is 0.476 e. The zero-order valence-corrected chi connectivity index (χ0v) is 14.7. The van der Waals surface area contributed by atoms with Crippen LogP contribution in [0.25, 0.3) is 10.9 Å². The van der Waals surface area contributed by atoms with E-state index >= 15 is 0 Å². The van der Waals surface area contributed by atoms with E-state index < -0.39 is 5.97 Å². The number of nitrogens with zero attached hydrogens (tertiary/aromatic N) is 2. The zero-order chi connectivity index (χ0) is 17.8. The molecule has 6 nitrogen and oxygen atoms in total. The topological polar surface area (TPSA) is 84.2 Å². The molecule has 2 aromatic heterocycles. The van der Waals surface area contributed by atoms with Crippen molar-refractivity contribution in [1.82, 2.24) is 14.9 Å². The Morgan fingerprint density at radius 2 is 2.12 bits per heavy atom. The minimum absolute atomic E-state index is 0.0504. The highest BCUT2D eigenvalue weighted by atomic mass is 32.1. The van der Waals surface area contributed by atoms with Crippen LogP contribution >= 0.6 is 11.3 Å². The first-order chi connectivity index (χ1) is 12.1. The molecule has 0 bridgehead atoms. The van der Waals surface area contributed by atoms with Gasteiger partial charge in [0.1, 0.15) is 5.69 Å². The summed E-state index contributed by atoms with van der Waals surface area (Å²) in [6.07, 6.45) is 1.45. The summed E-state index contributed by atoms with van der Waals surface area (Å²) in [5.74, 6) is -1.16. The Balaban J connectivity index is 1.69. The SMILES string of the molecule is CCCn1c(C(=O)NCCc2nc(C(=O)O)cs2)cc2ccccc21. The molecular weight excluding hydrogens is 338 g/mol. The van der Waals surface area contributed by atoms with E-state index in [-0.39, 0.29) is 11.6 Å². The quantitative estimate of drug-likeness (QED) is 0.680. The van der Waals surface area contributed by atoms with Crippen molar-refractivity contribution >= 4 is 34.1 Å². The number of aromatic carboxylic acids is 1. The standard InChI is InChI=1S/C18H19N3O3S/c1-2-9-21-14-6-4-3-5-12(14)10-15(21)17(22)19-8-7-16-20-13(11-25-16)18(23)24/h3-6,10-11H,2,7-9H2,1H3,(H,19,22)(H,23,24). The Morgan fingerprint density at radius 1 is 1.32 bits per heavy atom. The summed E-state index contributed by atoms with van der Waals surface area (Å²) in [6, 6.07) is 9.86. The van der Waals surface area contributed by atoms with Gasteiger partial charge in [-0.1, -0.05) is 25.1 Å². The van der Waals surface area contributed by atoms with Crippen molar-refractivity contribution in [2.75, 3.05) is 6.54 Å². The highest BCUT2D eigenvalue weighted by molar-refractivity contribution is 7.09. The van der Waals surface area contributed by atoms with Gasteiger partial charge in [-0.15, -0.1) is 11.3 Å². The fourth-order valence-corrected chi connectivity index (χ4v) is 3.53. The Morgan fingerprint density at radius 3 is 2.84 bits per heavy atom. The maximum Gasteiger partial charge on any atom is 0.355 e. The molecule has 0 saturated carbocycles. The van der Waals surface area contributed by atoms with E-state index in [4.69, 9.17) is 5.11 Å². The summed E-state index contributed by atoms with van der Waals surface area (Å²) in [5.41, 5.74) is 1.75. The van der Waals surface area contributed by atoms with Gasteiger partial charge >= 0.3 is 5.97 Å². The molecule has 0 saturated heterocycles. The van der Waals surface area contributed by atoms with Crippen molar-refractivity contribution in [1.29, 1.82) is 0 Å². The first-order valence-corrected chi connectivity index (χ1v) is 9.02. The highest BCUT2D eigenvalue weighted by Gasteiger charge is 2.15. The van der Waals surface area contributed by atoms with E-state index in [0.717, 1.165) is 23.9 Å². The first-order valence-electron chi connectivity index (χ1n) is 8.14. The molecule has 0 spiro atoms. The van der Waals surface area contributed by atoms with Crippen LogP contribution in [0.4, 0.5) is 0 Å². The third-order valence-electron chi connectivity index (χ3n) is 3.89. The first kappa shape index (κ1) is 17.2. The molecule has 1 amide bonds. The number of fused-ring (bicyclic) bond motifs is 1. The van der Waals surface area contributed by atoms with E-state index in [1.54, 1.807) is 0 Å². The molecule has 0 aliphatic rings. The molecular formula is C18H19N3O3S. The number of carbonyl (C=O) groups excluding carboxylic acids is 1. The summed E-state index contributed by atoms with van der Waals surface area (Å²) in [7, 11) is 0. The monoisotopic (exact) mass is 357 g/mol. The maximum atomic E-state index is 12.6.